The molecule has 3 rings (SSSR count). The maximum Gasteiger partial charge on any atom is 0.286 e. The Bertz CT molecular complexity index is 1050. The number of para-hydroxylation sites is 1. The van der Waals surface area contributed by atoms with Gasteiger partial charge >= 0.3 is 0 Å². The van der Waals surface area contributed by atoms with Crippen molar-refractivity contribution < 1.29 is 19.2 Å². The number of hydrogen-bond donors (Lipinski definition) is 1. The predicted molar refractivity (Wildman–Crippen MR) is 114 cm³/mol. The average Bonchev–Trinajstić information content (AvgIpc) is 2.75. The summed E-state index contributed by atoms with van der Waals surface area (Å²) < 4.78 is 10.6. The van der Waals surface area contributed by atoms with Crippen LogP contribution in [0.5, 0.6) is 11.5 Å². The number of benzene rings is 3. The van der Waals surface area contributed by atoms with E-state index in [-0.39, 0.29) is 22.7 Å². The number of carbonyl (C=O) groups excluding carboxylic acids is 1. The molecule has 0 fully saturated rings. The lowest BCUT2D eigenvalue weighted by atomic mass is 10.0. The van der Waals surface area contributed by atoms with Crippen molar-refractivity contribution in [3.8, 4) is 11.5 Å². The number of anilines is 1. The van der Waals surface area contributed by atoms with Gasteiger partial charge in [0.2, 0.25) is 0 Å². The minimum absolute atomic E-state index is 0.0984. The van der Waals surface area contributed by atoms with E-state index in [4.69, 9.17) is 9.47 Å². The fourth-order valence-corrected chi connectivity index (χ4v) is 3.11. The Morgan fingerprint density at radius 2 is 1.73 bits per heavy atom. The molecule has 1 amide bonds. The minimum Gasteiger partial charge on any atom is -0.493 e. The molecular weight excluding hydrogens is 384 g/mol. The van der Waals surface area contributed by atoms with E-state index in [0.29, 0.717) is 18.7 Å². The molecule has 7 nitrogen and oxygen atoms in total. The number of nitrogens with one attached hydrogen (secondary N) is 1. The molecule has 0 spiro atoms. The Kier molecular flexibility index (Phi) is 6.64. The summed E-state index contributed by atoms with van der Waals surface area (Å²) in [5.74, 6) is -0.122. The highest BCUT2D eigenvalue weighted by Gasteiger charge is 2.25. The van der Waals surface area contributed by atoms with Gasteiger partial charge < -0.3 is 14.8 Å². The first kappa shape index (κ1) is 20.9. The van der Waals surface area contributed by atoms with E-state index >= 15 is 0 Å². The second kappa shape index (κ2) is 9.56. The molecule has 0 atom stereocenters. The summed E-state index contributed by atoms with van der Waals surface area (Å²) in [6, 6.07) is 19.8. The highest BCUT2D eigenvalue weighted by atomic mass is 16.6. The first-order valence-electron chi connectivity index (χ1n) is 9.45. The maximum atomic E-state index is 13.0. The van der Waals surface area contributed by atoms with Crippen LogP contribution in [0, 0.1) is 10.1 Å². The van der Waals surface area contributed by atoms with E-state index in [1.165, 1.54) is 19.2 Å². The molecule has 0 saturated heterocycles. The average molecular weight is 406 g/mol. The highest BCUT2D eigenvalue weighted by Crippen LogP contribution is 2.35. The van der Waals surface area contributed by atoms with Gasteiger partial charge in [-0.2, -0.15) is 0 Å². The van der Waals surface area contributed by atoms with Gasteiger partial charge in [-0.15, -0.1) is 0 Å². The van der Waals surface area contributed by atoms with E-state index in [9.17, 15) is 14.9 Å². The van der Waals surface area contributed by atoms with Crippen molar-refractivity contribution in [3.05, 3.63) is 93.5 Å². The third-order valence-electron chi connectivity index (χ3n) is 4.53. The first-order valence-corrected chi connectivity index (χ1v) is 9.45. The van der Waals surface area contributed by atoms with Crippen LogP contribution in [0.25, 0.3) is 0 Å². The number of hydrogen-bond acceptors (Lipinski definition) is 5. The van der Waals surface area contributed by atoms with Crippen LogP contribution in [0.3, 0.4) is 0 Å². The van der Waals surface area contributed by atoms with Crippen LogP contribution in [0.2, 0.25) is 0 Å². The summed E-state index contributed by atoms with van der Waals surface area (Å²) in [4.78, 5) is 23.9. The van der Waals surface area contributed by atoms with Gasteiger partial charge in [-0.1, -0.05) is 48.5 Å². The molecule has 0 bridgehead atoms. The monoisotopic (exact) mass is 406 g/mol. The van der Waals surface area contributed by atoms with E-state index in [1.807, 2.05) is 42.5 Å². The third kappa shape index (κ3) is 4.75. The van der Waals surface area contributed by atoms with E-state index in [1.54, 1.807) is 19.1 Å². The number of amides is 1. The Morgan fingerprint density at radius 3 is 2.40 bits per heavy atom. The Hall–Kier alpha value is -3.87. The lowest BCUT2D eigenvalue weighted by Crippen LogP contribution is -2.16. The SMILES string of the molecule is CCOc1cc(C(=O)Nc2ccccc2Cc2ccccc2)c([N+](=O)[O-])cc1OC. The molecule has 0 aliphatic heterocycles. The Morgan fingerprint density at radius 1 is 1.03 bits per heavy atom. The zero-order valence-electron chi connectivity index (χ0n) is 16.8. The zero-order chi connectivity index (χ0) is 21.5. The Balaban J connectivity index is 1.94. The molecule has 1 N–H and O–H groups in total. The number of nitro benzene ring substituents is 1. The van der Waals surface area contributed by atoms with E-state index in [2.05, 4.69) is 5.32 Å². The summed E-state index contributed by atoms with van der Waals surface area (Å²) in [6.07, 6.45) is 0.617. The quantitative estimate of drug-likeness (QED) is 0.427. The van der Waals surface area contributed by atoms with Gasteiger partial charge in [0.1, 0.15) is 5.56 Å². The molecule has 0 aliphatic rings. The van der Waals surface area contributed by atoms with Crippen molar-refractivity contribution in [1.82, 2.24) is 0 Å². The lowest BCUT2D eigenvalue weighted by Gasteiger charge is -2.14. The maximum absolute atomic E-state index is 13.0. The number of nitrogens with zero attached hydrogens (tertiary/aromatic N) is 1. The third-order valence-corrected chi connectivity index (χ3v) is 4.53. The number of ether oxygens (including phenoxy) is 2. The molecule has 0 heterocycles. The molecule has 30 heavy (non-hydrogen) atoms. The molecule has 0 unspecified atom stereocenters. The van der Waals surface area contributed by atoms with Gasteiger partial charge in [-0.05, 0) is 30.5 Å². The predicted octanol–water partition coefficient (Wildman–Crippen LogP) is 4.85. The van der Waals surface area contributed by atoms with Crippen LogP contribution in [0.15, 0.2) is 66.7 Å². The van der Waals surface area contributed by atoms with Crippen molar-refractivity contribution in [2.45, 2.75) is 13.3 Å². The molecule has 7 heteroatoms. The van der Waals surface area contributed by atoms with E-state index in [0.717, 1.165) is 11.1 Å². The van der Waals surface area contributed by atoms with Crippen molar-refractivity contribution in [1.29, 1.82) is 0 Å². The van der Waals surface area contributed by atoms with Crippen molar-refractivity contribution in [2.24, 2.45) is 0 Å². The molecule has 3 aromatic rings. The fraction of sp³-hybridized carbons (Fsp3) is 0.174. The minimum atomic E-state index is -0.608. The smallest absolute Gasteiger partial charge is 0.286 e. The van der Waals surface area contributed by atoms with Crippen molar-refractivity contribution in [2.75, 3.05) is 19.0 Å². The second-order valence-corrected chi connectivity index (χ2v) is 6.48. The number of methoxy groups -OCH3 is 1. The fourth-order valence-electron chi connectivity index (χ4n) is 3.11. The lowest BCUT2D eigenvalue weighted by molar-refractivity contribution is -0.385. The summed E-state index contributed by atoms with van der Waals surface area (Å²) in [6.45, 7) is 2.11. The van der Waals surface area contributed by atoms with Crippen LogP contribution in [-0.2, 0) is 6.42 Å². The summed E-state index contributed by atoms with van der Waals surface area (Å²) in [7, 11) is 1.39. The first-order chi connectivity index (χ1) is 14.5. The second-order valence-electron chi connectivity index (χ2n) is 6.48. The molecule has 0 aliphatic carbocycles. The summed E-state index contributed by atoms with van der Waals surface area (Å²) in [5, 5.41) is 14.4. The molecular formula is C23H22N2O5. The van der Waals surface area contributed by atoms with Gasteiger partial charge in [0, 0.05) is 11.8 Å². The Labute approximate surface area is 174 Å². The molecule has 0 aromatic heterocycles. The van der Waals surface area contributed by atoms with Gasteiger partial charge in [0.05, 0.1) is 24.7 Å². The van der Waals surface area contributed by atoms with E-state index < -0.39 is 10.8 Å². The van der Waals surface area contributed by atoms with Crippen molar-refractivity contribution >= 4 is 17.3 Å². The molecule has 154 valence electrons. The van der Waals surface area contributed by atoms with Crippen molar-refractivity contribution in [3.63, 3.8) is 0 Å². The largest absolute Gasteiger partial charge is 0.493 e. The zero-order valence-corrected chi connectivity index (χ0v) is 16.8. The van der Waals surface area contributed by atoms with Crippen LogP contribution < -0.4 is 14.8 Å². The van der Waals surface area contributed by atoms with Crippen LogP contribution in [0.4, 0.5) is 11.4 Å². The topological polar surface area (TPSA) is 90.7 Å². The standard InChI is InChI=1S/C23H22N2O5/c1-3-30-22-14-18(20(25(27)28)15-21(22)29-2)23(26)24-19-12-8-7-11-17(19)13-16-9-5-4-6-10-16/h4-12,14-15H,3,13H2,1-2H3,(H,24,26). The van der Waals surface area contributed by atoms with Crippen LogP contribution in [0.1, 0.15) is 28.4 Å². The van der Waals surface area contributed by atoms with Gasteiger partial charge in [-0.3, -0.25) is 14.9 Å². The number of nitro groups is 1. The summed E-state index contributed by atoms with van der Waals surface area (Å²) in [5.41, 5.74) is 2.13. The van der Waals surface area contributed by atoms with Gasteiger partial charge in [0.25, 0.3) is 11.6 Å². The highest BCUT2D eigenvalue weighted by molar-refractivity contribution is 6.08. The molecule has 0 saturated carbocycles. The van der Waals surface area contributed by atoms with Crippen LogP contribution in [-0.4, -0.2) is 24.5 Å². The van der Waals surface area contributed by atoms with Gasteiger partial charge in [-0.25, -0.2) is 0 Å². The summed E-state index contributed by atoms with van der Waals surface area (Å²) >= 11 is 0. The van der Waals surface area contributed by atoms with Gasteiger partial charge in [0.15, 0.2) is 11.5 Å². The molecule has 3 aromatic carbocycles. The van der Waals surface area contributed by atoms with Crippen LogP contribution >= 0.6 is 0 Å². The number of rotatable bonds is 8. The normalized spacial score (nSPS) is 10.3. The number of carbonyl (C=O) groups is 1. The molecule has 0 radical (unpaired) electrons.